The van der Waals surface area contributed by atoms with Crippen LogP contribution >= 0.6 is 0 Å². The molecule has 0 aromatic rings. The molecular weight excluding hydrogens is 188 g/mol. The van der Waals surface area contributed by atoms with E-state index in [0.717, 1.165) is 39.3 Å². The third-order valence-electron chi connectivity index (χ3n) is 3.34. The lowest BCUT2D eigenvalue weighted by Gasteiger charge is -2.37. The lowest BCUT2D eigenvalue weighted by Crippen LogP contribution is -2.50. The molecule has 1 heterocycles. The largest absolute Gasteiger partial charge is 0.391 e. The topological polar surface area (TPSA) is 26.7 Å². The minimum Gasteiger partial charge on any atom is -0.391 e. The summed E-state index contributed by atoms with van der Waals surface area (Å²) >= 11 is 0. The van der Waals surface area contributed by atoms with E-state index in [-0.39, 0.29) is 11.5 Å². The van der Waals surface area contributed by atoms with Crippen molar-refractivity contribution in [2.24, 2.45) is 5.41 Å². The maximum atomic E-state index is 10.0. The number of nitrogens with zero attached hydrogens (tertiary/aromatic N) is 2. The van der Waals surface area contributed by atoms with Gasteiger partial charge in [-0.1, -0.05) is 27.7 Å². The summed E-state index contributed by atoms with van der Waals surface area (Å²) in [5.74, 6) is 0. The lowest BCUT2D eigenvalue weighted by atomic mass is 9.89. The average molecular weight is 214 g/mol. The van der Waals surface area contributed by atoms with Crippen LogP contribution in [0.4, 0.5) is 0 Å². The molecule has 0 aliphatic carbocycles. The predicted octanol–water partition coefficient (Wildman–Crippen LogP) is 1.03. The molecule has 1 rings (SSSR count). The number of piperazine rings is 1. The van der Waals surface area contributed by atoms with Crippen molar-refractivity contribution in [3.05, 3.63) is 0 Å². The van der Waals surface area contributed by atoms with Gasteiger partial charge in [0.1, 0.15) is 0 Å². The van der Waals surface area contributed by atoms with Crippen molar-refractivity contribution < 1.29 is 5.11 Å². The maximum Gasteiger partial charge on any atom is 0.0715 e. The van der Waals surface area contributed by atoms with Gasteiger partial charge in [0.05, 0.1) is 6.10 Å². The quantitative estimate of drug-likeness (QED) is 0.760. The Morgan fingerprint density at radius 1 is 1.07 bits per heavy atom. The van der Waals surface area contributed by atoms with Gasteiger partial charge in [0.25, 0.3) is 0 Å². The molecule has 0 spiro atoms. The van der Waals surface area contributed by atoms with Crippen LogP contribution in [0.2, 0.25) is 0 Å². The molecule has 1 atom stereocenters. The standard InChI is InChI=1S/C12H26N2O/c1-5-13-6-8-14(9-7-13)10-11(15)12(2,3)4/h11,15H,5-10H2,1-4H3/t11-/m1/s1. The van der Waals surface area contributed by atoms with Gasteiger partial charge < -0.3 is 10.0 Å². The Hall–Kier alpha value is -0.120. The normalized spacial score (nSPS) is 23.0. The van der Waals surface area contributed by atoms with Crippen LogP contribution in [0.1, 0.15) is 27.7 Å². The molecule has 0 aromatic carbocycles. The molecule has 0 unspecified atom stereocenters. The summed E-state index contributed by atoms with van der Waals surface area (Å²) < 4.78 is 0. The average Bonchev–Trinajstić information content (AvgIpc) is 2.17. The molecule has 3 nitrogen and oxygen atoms in total. The number of β-amino-alcohol motifs (C(OH)–C–C–N with tert-alkyl or cyclic N) is 1. The summed E-state index contributed by atoms with van der Waals surface area (Å²) in [6.07, 6.45) is -0.217. The zero-order chi connectivity index (χ0) is 11.5. The van der Waals surface area contributed by atoms with Crippen molar-refractivity contribution in [1.82, 2.24) is 9.80 Å². The molecule has 1 saturated heterocycles. The van der Waals surface area contributed by atoms with Crippen LogP contribution < -0.4 is 0 Å². The van der Waals surface area contributed by atoms with Gasteiger partial charge in [-0.3, -0.25) is 4.90 Å². The maximum absolute atomic E-state index is 10.0. The summed E-state index contributed by atoms with van der Waals surface area (Å²) in [5, 5.41) is 10.0. The number of rotatable bonds is 3. The number of hydrogen-bond acceptors (Lipinski definition) is 3. The fourth-order valence-corrected chi connectivity index (χ4v) is 1.81. The molecule has 0 radical (unpaired) electrons. The first-order valence-electron chi connectivity index (χ1n) is 6.06. The Labute approximate surface area is 94.1 Å². The molecule has 1 N–H and O–H groups in total. The molecule has 0 amide bonds. The Kier molecular flexibility index (Phi) is 4.56. The van der Waals surface area contributed by atoms with Gasteiger partial charge >= 0.3 is 0 Å². The minimum absolute atomic E-state index is 0.00188. The molecule has 0 saturated carbocycles. The Balaban J connectivity index is 2.29. The first-order valence-corrected chi connectivity index (χ1v) is 6.06. The van der Waals surface area contributed by atoms with E-state index in [1.807, 2.05) is 0 Å². The molecule has 1 aliphatic heterocycles. The van der Waals surface area contributed by atoms with E-state index in [4.69, 9.17) is 0 Å². The highest BCUT2D eigenvalue weighted by atomic mass is 16.3. The molecule has 1 aliphatic rings. The fraction of sp³-hybridized carbons (Fsp3) is 1.00. The van der Waals surface area contributed by atoms with Gasteiger partial charge in [-0.2, -0.15) is 0 Å². The molecule has 0 aromatic heterocycles. The first-order chi connectivity index (χ1) is 6.93. The van der Waals surface area contributed by atoms with Gasteiger partial charge in [-0.05, 0) is 12.0 Å². The highest BCUT2D eigenvalue weighted by Crippen LogP contribution is 2.20. The number of aliphatic hydroxyl groups is 1. The van der Waals surface area contributed by atoms with E-state index in [1.54, 1.807) is 0 Å². The number of aliphatic hydroxyl groups excluding tert-OH is 1. The van der Waals surface area contributed by atoms with Crippen molar-refractivity contribution in [2.75, 3.05) is 39.3 Å². The first kappa shape index (κ1) is 12.9. The van der Waals surface area contributed by atoms with Crippen molar-refractivity contribution in [1.29, 1.82) is 0 Å². The van der Waals surface area contributed by atoms with Crippen LogP contribution in [0, 0.1) is 5.41 Å². The summed E-state index contributed by atoms with van der Waals surface area (Å²) in [4.78, 5) is 4.84. The highest BCUT2D eigenvalue weighted by Gasteiger charge is 2.25. The third-order valence-corrected chi connectivity index (χ3v) is 3.34. The van der Waals surface area contributed by atoms with E-state index in [1.165, 1.54) is 0 Å². The molecule has 90 valence electrons. The zero-order valence-electron chi connectivity index (χ0n) is 10.7. The SMILES string of the molecule is CCN1CCN(C[C@@H](O)C(C)(C)C)CC1. The van der Waals surface area contributed by atoms with Gasteiger partial charge in [-0.25, -0.2) is 0 Å². The van der Waals surface area contributed by atoms with E-state index < -0.39 is 0 Å². The van der Waals surface area contributed by atoms with E-state index >= 15 is 0 Å². The van der Waals surface area contributed by atoms with Crippen LogP contribution in [0.3, 0.4) is 0 Å². The minimum atomic E-state index is -0.217. The smallest absolute Gasteiger partial charge is 0.0715 e. The highest BCUT2D eigenvalue weighted by molar-refractivity contribution is 4.79. The fourth-order valence-electron chi connectivity index (χ4n) is 1.81. The second-order valence-electron chi connectivity index (χ2n) is 5.62. The molecule has 15 heavy (non-hydrogen) atoms. The van der Waals surface area contributed by atoms with Crippen molar-refractivity contribution in [3.8, 4) is 0 Å². The van der Waals surface area contributed by atoms with E-state index in [0.29, 0.717) is 0 Å². The Morgan fingerprint density at radius 3 is 1.93 bits per heavy atom. The van der Waals surface area contributed by atoms with Crippen molar-refractivity contribution >= 4 is 0 Å². The summed E-state index contributed by atoms with van der Waals surface area (Å²) in [6, 6.07) is 0. The summed E-state index contributed by atoms with van der Waals surface area (Å²) in [7, 11) is 0. The molecule has 1 fully saturated rings. The lowest BCUT2D eigenvalue weighted by molar-refractivity contribution is 0.0141. The van der Waals surface area contributed by atoms with E-state index in [2.05, 4.69) is 37.5 Å². The van der Waals surface area contributed by atoms with Crippen LogP contribution in [0.5, 0.6) is 0 Å². The molecule has 0 bridgehead atoms. The van der Waals surface area contributed by atoms with Gasteiger partial charge in [0.15, 0.2) is 0 Å². The van der Waals surface area contributed by atoms with Crippen LogP contribution in [-0.4, -0.2) is 60.3 Å². The van der Waals surface area contributed by atoms with Gasteiger partial charge in [0.2, 0.25) is 0 Å². The summed E-state index contributed by atoms with van der Waals surface area (Å²) in [6.45, 7) is 15.0. The Morgan fingerprint density at radius 2 is 1.53 bits per heavy atom. The predicted molar refractivity (Wildman–Crippen MR) is 64.0 cm³/mol. The molecule has 3 heteroatoms. The van der Waals surface area contributed by atoms with E-state index in [9.17, 15) is 5.11 Å². The van der Waals surface area contributed by atoms with Crippen molar-refractivity contribution in [3.63, 3.8) is 0 Å². The number of hydrogen-bond donors (Lipinski definition) is 1. The van der Waals surface area contributed by atoms with Gasteiger partial charge in [0, 0.05) is 32.7 Å². The van der Waals surface area contributed by atoms with Crippen LogP contribution in [-0.2, 0) is 0 Å². The zero-order valence-corrected chi connectivity index (χ0v) is 10.7. The van der Waals surface area contributed by atoms with Crippen molar-refractivity contribution in [2.45, 2.75) is 33.8 Å². The third kappa shape index (κ3) is 4.09. The number of likely N-dealkylation sites (N-methyl/N-ethyl adjacent to an activating group) is 1. The van der Waals surface area contributed by atoms with Crippen LogP contribution in [0.15, 0.2) is 0 Å². The second kappa shape index (κ2) is 5.28. The second-order valence-corrected chi connectivity index (χ2v) is 5.62. The monoisotopic (exact) mass is 214 g/mol. The van der Waals surface area contributed by atoms with Gasteiger partial charge in [-0.15, -0.1) is 0 Å². The Bertz CT molecular complexity index is 181. The van der Waals surface area contributed by atoms with Crippen LogP contribution in [0.25, 0.3) is 0 Å². The summed E-state index contributed by atoms with van der Waals surface area (Å²) in [5.41, 5.74) is 0.00188. The molecular formula is C12H26N2O.